The number of nitrogens with zero attached hydrogens (tertiary/aromatic N) is 1. The largest absolute Gasteiger partial charge is 0.454 e. The van der Waals surface area contributed by atoms with Gasteiger partial charge in [0.05, 0.1) is 0 Å². The predicted octanol–water partition coefficient (Wildman–Crippen LogP) is 2.95. The van der Waals surface area contributed by atoms with Crippen molar-refractivity contribution in [1.82, 2.24) is 5.32 Å². The third-order valence-corrected chi connectivity index (χ3v) is 3.64. The molecule has 0 aromatic heterocycles. The van der Waals surface area contributed by atoms with Gasteiger partial charge in [-0.05, 0) is 36.3 Å². The Balaban J connectivity index is 1.67. The fraction of sp³-hybridized carbons (Fsp3) is 0.158. The molecule has 1 aliphatic heterocycles. The number of aryl methyl sites for hydroxylation is 1. The zero-order chi connectivity index (χ0) is 16.9. The highest BCUT2D eigenvalue weighted by Gasteiger charge is 2.14. The Morgan fingerprint density at radius 3 is 2.71 bits per heavy atom. The Morgan fingerprint density at radius 2 is 1.96 bits per heavy atom. The molecule has 1 amide bonds. The Labute approximate surface area is 140 Å². The summed E-state index contributed by atoms with van der Waals surface area (Å²) in [5, 5.41) is 12.0. The van der Waals surface area contributed by atoms with Crippen LogP contribution in [0.4, 0.5) is 0 Å². The van der Waals surface area contributed by atoms with E-state index in [2.05, 4.69) is 5.32 Å². The molecule has 0 bridgehead atoms. The number of carbonyl (C=O) groups is 1. The molecule has 0 spiro atoms. The first-order valence-corrected chi connectivity index (χ1v) is 7.51. The molecule has 1 heterocycles. The zero-order valence-electron chi connectivity index (χ0n) is 13.2. The summed E-state index contributed by atoms with van der Waals surface area (Å²) < 4.78 is 10.6. The number of hydrogen-bond acceptors (Lipinski definition) is 4. The average Bonchev–Trinajstić information content (AvgIpc) is 3.07. The second-order valence-electron chi connectivity index (χ2n) is 5.45. The van der Waals surface area contributed by atoms with Crippen LogP contribution in [0.5, 0.6) is 11.5 Å². The Bertz CT molecular complexity index is 833. The van der Waals surface area contributed by atoms with E-state index in [4.69, 9.17) is 9.47 Å². The number of rotatable bonds is 4. The lowest BCUT2D eigenvalue weighted by Crippen LogP contribution is -2.23. The Kier molecular flexibility index (Phi) is 4.48. The maximum Gasteiger partial charge on any atom is 0.262 e. The Hall–Kier alpha value is -3.26. The van der Waals surface area contributed by atoms with E-state index in [0.29, 0.717) is 18.0 Å². The van der Waals surface area contributed by atoms with E-state index in [1.807, 2.05) is 49.4 Å². The lowest BCUT2D eigenvalue weighted by atomic mass is 10.1. The smallest absolute Gasteiger partial charge is 0.262 e. The number of amides is 1. The first kappa shape index (κ1) is 15.6. The fourth-order valence-electron chi connectivity index (χ4n) is 2.31. The lowest BCUT2D eigenvalue weighted by Gasteiger charge is -2.06. The molecule has 24 heavy (non-hydrogen) atoms. The number of nitriles is 1. The molecule has 0 unspecified atom stereocenters. The molecule has 0 saturated heterocycles. The maximum absolute atomic E-state index is 12.2. The summed E-state index contributed by atoms with van der Waals surface area (Å²) in [5.74, 6) is 0.954. The quantitative estimate of drug-likeness (QED) is 0.694. The molecule has 120 valence electrons. The van der Waals surface area contributed by atoms with Crippen LogP contribution in [0.2, 0.25) is 0 Å². The van der Waals surface area contributed by atoms with Gasteiger partial charge < -0.3 is 14.8 Å². The van der Waals surface area contributed by atoms with Crippen molar-refractivity contribution in [1.29, 1.82) is 5.26 Å². The van der Waals surface area contributed by atoms with E-state index in [9.17, 15) is 10.1 Å². The van der Waals surface area contributed by atoms with Crippen LogP contribution in [-0.2, 0) is 11.3 Å². The third-order valence-electron chi connectivity index (χ3n) is 3.64. The maximum atomic E-state index is 12.2. The number of fused-ring (bicyclic) bond motifs is 1. The SMILES string of the molecule is Cc1ccc(/C=C(\C#N)C(=O)NCc2ccc3c(c2)OCO3)cc1. The third kappa shape index (κ3) is 3.55. The highest BCUT2D eigenvalue weighted by atomic mass is 16.7. The normalized spacial score (nSPS) is 12.6. The van der Waals surface area contributed by atoms with E-state index < -0.39 is 5.91 Å². The van der Waals surface area contributed by atoms with E-state index in [-0.39, 0.29) is 12.4 Å². The van der Waals surface area contributed by atoms with Crippen molar-refractivity contribution in [2.24, 2.45) is 0 Å². The van der Waals surface area contributed by atoms with E-state index in [1.54, 1.807) is 12.1 Å². The van der Waals surface area contributed by atoms with Crippen LogP contribution < -0.4 is 14.8 Å². The molecule has 3 rings (SSSR count). The van der Waals surface area contributed by atoms with Gasteiger partial charge in [0.15, 0.2) is 11.5 Å². The first-order valence-electron chi connectivity index (χ1n) is 7.51. The van der Waals surface area contributed by atoms with Gasteiger partial charge in [-0.25, -0.2) is 0 Å². The van der Waals surface area contributed by atoms with Gasteiger partial charge in [-0.3, -0.25) is 4.79 Å². The van der Waals surface area contributed by atoms with Crippen LogP contribution in [0, 0.1) is 18.3 Å². The lowest BCUT2D eigenvalue weighted by molar-refractivity contribution is -0.117. The highest BCUT2D eigenvalue weighted by molar-refractivity contribution is 6.01. The summed E-state index contributed by atoms with van der Waals surface area (Å²) >= 11 is 0. The molecular formula is C19H16N2O3. The van der Waals surface area contributed by atoms with Gasteiger partial charge in [-0.15, -0.1) is 0 Å². The van der Waals surface area contributed by atoms with Crippen LogP contribution >= 0.6 is 0 Å². The van der Waals surface area contributed by atoms with Gasteiger partial charge in [0, 0.05) is 6.54 Å². The first-order chi connectivity index (χ1) is 11.7. The van der Waals surface area contributed by atoms with Crippen molar-refractivity contribution in [3.05, 3.63) is 64.7 Å². The summed E-state index contributed by atoms with van der Waals surface area (Å²) in [7, 11) is 0. The monoisotopic (exact) mass is 320 g/mol. The molecule has 0 aliphatic carbocycles. The van der Waals surface area contributed by atoms with E-state index in [1.165, 1.54) is 0 Å². The van der Waals surface area contributed by atoms with Gasteiger partial charge >= 0.3 is 0 Å². The van der Waals surface area contributed by atoms with Crippen molar-refractivity contribution in [3.63, 3.8) is 0 Å². The molecule has 2 aromatic carbocycles. The van der Waals surface area contributed by atoms with Crippen molar-refractivity contribution in [2.75, 3.05) is 6.79 Å². The predicted molar refractivity (Wildman–Crippen MR) is 89.2 cm³/mol. The molecular weight excluding hydrogens is 304 g/mol. The standard InChI is InChI=1S/C19H16N2O3/c1-13-2-4-14(5-3-13)8-16(10-20)19(22)21-11-15-6-7-17-18(9-15)24-12-23-17/h2-9H,11-12H2,1H3,(H,21,22)/b16-8+. The van der Waals surface area contributed by atoms with Gasteiger partial charge in [0.25, 0.3) is 5.91 Å². The van der Waals surface area contributed by atoms with E-state index >= 15 is 0 Å². The second kappa shape index (κ2) is 6.88. The van der Waals surface area contributed by atoms with Crippen molar-refractivity contribution < 1.29 is 14.3 Å². The molecule has 0 fully saturated rings. The minimum absolute atomic E-state index is 0.0691. The number of carbonyl (C=O) groups excluding carboxylic acids is 1. The van der Waals surface area contributed by atoms with Gasteiger partial charge in [-0.1, -0.05) is 35.9 Å². The number of benzene rings is 2. The molecule has 0 saturated carbocycles. The highest BCUT2D eigenvalue weighted by Crippen LogP contribution is 2.32. The topological polar surface area (TPSA) is 71.4 Å². The van der Waals surface area contributed by atoms with Gasteiger partial charge in [-0.2, -0.15) is 5.26 Å². The van der Waals surface area contributed by atoms with Crippen molar-refractivity contribution >= 4 is 12.0 Å². The summed E-state index contributed by atoms with van der Waals surface area (Å²) in [6.45, 7) is 2.50. The molecule has 2 aromatic rings. The molecule has 5 nitrogen and oxygen atoms in total. The molecule has 0 atom stereocenters. The van der Waals surface area contributed by atoms with Crippen LogP contribution in [0.25, 0.3) is 6.08 Å². The van der Waals surface area contributed by atoms with Crippen LogP contribution in [0.1, 0.15) is 16.7 Å². The zero-order valence-corrected chi connectivity index (χ0v) is 13.2. The Morgan fingerprint density at radius 1 is 1.21 bits per heavy atom. The van der Waals surface area contributed by atoms with Crippen LogP contribution in [0.15, 0.2) is 48.0 Å². The summed E-state index contributed by atoms with van der Waals surface area (Å²) in [6.07, 6.45) is 1.58. The minimum Gasteiger partial charge on any atom is -0.454 e. The summed E-state index contributed by atoms with van der Waals surface area (Å²) in [5.41, 5.74) is 2.88. The van der Waals surface area contributed by atoms with Gasteiger partial charge in [0.2, 0.25) is 6.79 Å². The second-order valence-corrected chi connectivity index (χ2v) is 5.45. The number of nitrogens with one attached hydrogen (secondary N) is 1. The van der Waals surface area contributed by atoms with E-state index in [0.717, 1.165) is 16.7 Å². The average molecular weight is 320 g/mol. The minimum atomic E-state index is -0.407. The molecule has 1 N–H and O–H groups in total. The summed E-state index contributed by atoms with van der Waals surface area (Å²) in [6, 6.07) is 15.0. The molecule has 1 aliphatic rings. The number of ether oxygens (including phenoxy) is 2. The van der Waals surface area contributed by atoms with Gasteiger partial charge in [0.1, 0.15) is 11.6 Å². The van der Waals surface area contributed by atoms with Crippen LogP contribution in [0.3, 0.4) is 0 Å². The van der Waals surface area contributed by atoms with Crippen molar-refractivity contribution in [3.8, 4) is 17.6 Å². The number of hydrogen-bond donors (Lipinski definition) is 1. The van der Waals surface area contributed by atoms with Crippen LogP contribution in [-0.4, -0.2) is 12.7 Å². The fourth-order valence-corrected chi connectivity index (χ4v) is 2.31. The molecule has 0 radical (unpaired) electrons. The summed E-state index contributed by atoms with van der Waals surface area (Å²) in [4.78, 5) is 12.2. The molecule has 5 heteroatoms. The van der Waals surface area contributed by atoms with Crippen molar-refractivity contribution in [2.45, 2.75) is 13.5 Å².